The summed E-state index contributed by atoms with van der Waals surface area (Å²) in [5.74, 6) is 0. The molecule has 1 aromatic carbocycles. The first-order chi connectivity index (χ1) is 6.33. The molecule has 0 aromatic heterocycles. The molecule has 0 spiro atoms. The number of allylic oxidation sites excluding steroid dienone is 3. The Bertz CT molecular complexity index is 291. The van der Waals surface area contributed by atoms with Gasteiger partial charge in [0.05, 0.1) is 0 Å². The Kier molecular flexibility index (Phi) is 4.04. The van der Waals surface area contributed by atoms with E-state index in [0.29, 0.717) is 0 Å². The van der Waals surface area contributed by atoms with E-state index in [9.17, 15) is 0 Å². The molecule has 0 heterocycles. The van der Waals surface area contributed by atoms with E-state index in [1.54, 1.807) is 0 Å². The molecule has 0 fully saturated rings. The summed E-state index contributed by atoms with van der Waals surface area (Å²) < 4.78 is 0. The molecule has 13 heavy (non-hydrogen) atoms. The summed E-state index contributed by atoms with van der Waals surface area (Å²) in [6.07, 6.45) is 7.62. The molecule has 0 amide bonds. The first-order valence-electron chi connectivity index (χ1n) is 4.73. The second-order valence-electron chi connectivity index (χ2n) is 3.10. The molecule has 0 bridgehead atoms. The van der Waals surface area contributed by atoms with Crippen LogP contribution in [0.5, 0.6) is 0 Å². The first kappa shape index (κ1) is 9.79. The smallest absolute Gasteiger partial charge is 0.0257 e. The molecule has 0 atom stereocenters. The summed E-state index contributed by atoms with van der Waals surface area (Å²) >= 11 is 0. The topological polar surface area (TPSA) is 0 Å². The highest BCUT2D eigenvalue weighted by atomic mass is 13.9. The van der Waals surface area contributed by atoms with Crippen molar-refractivity contribution in [3.05, 3.63) is 53.6 Å². The van der Waals surface area contributed by atoms with Crippen molar-refractivity contribution in [3.8, 4) is 0 Å². The van der Waals surface area contributed by atoms with Crippen molar-refractivity contribution in [2.24, 2.45) is 0 Å². The zero-order valence-electron chi connectivity index (χ0n) is 8.33. The monoisotopic (exact) mass is 172 g/mol. The Hall–Kier alpha value is -1.30. The number of hydrogen-bond acceptors (Lipinski definition) is 0. The second-order valence-corrected chi connectivity index (χ2v) is 3.10. The molecule has 68 valence electrons. The van der Waals surface area contributed by atoms with Crippen LogP contribution < -0.4 is 0 Å². The van der Waals surface area contributed by atoms with Gasteiger partial charge in [-0.3, -0.25) is 0 Å². The third-order valence-corrected chi connectivity index (χ3v) is 1.86. The predicted molar refractivity (Wildman–Crippen MR) is 59.5 cm³/mol. The normalized spacial score (nSPS) is 12.3. The third-order valence-electron chi connectivity index (χ3n) is 1.86. The molecule has 0 saturated heterocycles. The zero-order valence-corrected chi connectivity index (χ0v) is 8.33. The van der Waals surface area contributed by atoms with Gasteiger partial charge in [0.15, 0.2) is 0 Å². The van der Waals surface area contributed by atoms with Crippen LogP contribution in [0, 0.1) is 0 Å². The van der Waals surface area contributed by atoms with Crippen molar-refractivity contribution in [2.75, 3.05) is 0 Å². The lowest BCUT2D eigenvalue weighted by Gasteiger charge is -1.92. The first-order valence-corrected chi connectivity index (χ1v) is 4.73. The van der Waals surface area contributed by atoms with E-state index in [0.717, 1.165) is 6.42 Å². The molecule has 1 rings (SSSR count). The van der Waals surface area contributed by atoms with E-state index < -0.39 is 0 Å². The SMILES string of the molecule is CC/C=C(C)/C=C/c1ccccc1. The van der Waals surface area contributed by atoms with Crippen LogP contribution in [-0.4, -0.2) is 0 Å². The van der Waals surface area contributed by atoms with Crippen molar-refractivity contribution in [2.45, 2.75) is 20.3 Å². The lowest BCUT2D eigenvalue weighted by Crippen LogP contribution is -1.70. The summed E-state index contributed by atoms with van der Waals surface area (Å²) in [5.41, 5.74) is 2.58. The highest BCUT2D eigenvalue weighted by Gasteiger charge is 1.83. The van der Waals surface area contributed by atoms with Crippen LogP contribution in [0.25, 0.3) is 6.08 Å². The Labute approximate surface area is 80.6 Å². The van der Waals surface area contributed by atoms with Crippen LogP contribution in [0.3, 0.4) is 0 Å². The standard InChI is InChI=1S/C13H16/c1-3-7-12(2)10-11-13-8-5-4-6-9-13/h4-11H,3H2,1-2H3/b11-10+,12-7+. The van der Waals surface area contributed by atoms with Gasteiger partial charge in [-0.1, -0.05) is 61.1 Å². The van der Waals surface area contributed by atoms with E-state index in [4.69, 9.17) is 0 Å². The Morgan fingerprint density at radius 2 is 1.92 bits per heavy atom. The Morgan fingerprint density at radius 1 is 1.23 bits per heavy atom. The third kappa shape index (κ3) is 3.75. The predicted octanol–water partition coefficient (Wildman–Crippen LogP) is 4.06. The van der Waals surface area contributed by atoms with Gasteiger partial charge in [-0.05, 0) is 18.9 Å². The fourth-order valence-electron chi connectivity index (χ4n) is 1.18. The largest absolute Gasteiger partial charge is 0.0819 e. The van der Waals surface area contributed by atoms with Gasteiger partial charge >= 0.3 is 0 Å². The maximum absolute atomic E-state index is 2.22. The fourth-order valence-corrected chi connectivity index (χ4v) is 1.18. The van der Waals surface area contributed by atoms with E-state index in [1.165, 1.54) is 11.1 Å². The van der Waals surface area contributed by atoms with Crippen LogP contribution in [0.2, 0.25) is 0 Å². The molecule has 0 aliphatic heterocycles. The van der Waals surface area contributed by atoms with Crippen molar-refractivity contribution >= 4 is 6.08 Å². The van der Waals surface area contributed by atoms with E-state index in [1.807, 2.05) is 6.07 Å². The number of benzene rings is 1. The summed E-state index contributed by atoms with van der Waals surface area (Å²) in [4.78, 5) is 0. The lowest BCUT2D eigenvalue weighted by atomic mass is 10.1. The molecule has 0 radical (unpaired) electrons. The molecule has 0 aliphatic rings. The summed E-state index contributed by atoms with van der Waals surface area (Å²) in [6, 6.07) is 10.4. The van der Waals surface area contributed by atoms with Crippen LogP contribution in [-0.2, 0) is 0 Å². The quantitative estimate of drug-likeness (QED) is 0.603. The van der Waals surface area contributed by atoms with Gasteiger partial charge < -0.3 is 0 Å². The summed E-state index contributed by atoms with van der Waals surface area (Å²) in [6.45, 7) is 4.28. The minimum atomic E-state index is 1.10. The van der Waals surface area contributed by atoms with Gasteiger partial charge in [0, 0.05) is 0 Å². The van der Waals surface area contributed by atoms with Crippen molar-refractivity contribution in [1.82, 2.24) is 0 Å². The van der Waals surface area contributed by atoms with Crippen LogP contribution in [0.4, 0.5) is 0 Å². The minimum Gasteiger partial charge on any atom is -0.0819 e. The zero-order chi connectivity index (χ0) is 9.52. The molecular formula is C13H16. The van der Waals surface area contributed by atoms with Crippen LogP contribution >= 0.6 is 0 Å². The molecular weight excluding hydrogens is 156 g/mol. The molecule has 0 nitrogen and oxygen atoms in total. The summed E-state index contributed by atoms with van der Waals surface area (Å²) in [5, 5.41) is 0. The molecule has 0 aliphatic carbocycles. The molecule has 0 heteroatoms. The maximum atomic E-state index is 2.22. The van der Waals surface area contributed by atoms with Gasteiger partial charge in [0.25, 0.3) is 0 Å². The molecule has 0 saturated carbocycles. The van der Waals surface area contributed by atoms with Crippen LogP contribution in [0.1, 0.15) is 25.8 Å². The van der Waals surface area contributed by atoms with Gasteiger partial charge in [-0.15, -0.1) is 0 Å². The van der Waals surface area contributed by atoms with Crippen molar-refractivity contribution < 1.29 is 0 Å². The van der Waals surface area contributed by atoms with E-state index in [2.05, 4.69) is 56.3 Å². The average molecular weight is 172 g/mol. The van der Waals surface area contributed by atoms with Gasteiger partial charge in [0.1, 0.15) is 0 Å². The molecule has 0 N–H and O–H groups in total. The van der Waals surface area contributed by atoms with Crippen molar-refractivity contribution in [3.63, 3.8) is 0 Å². The summed E-state index contributed by atoms with van der Waals surface area (Å²) in [7, 11) is 0. The molecule has 1 aromatic rings. The highest BCUT2D eigenvalue weighted by Crippen LogP contribution is 2.04. The Balaban J connectivity index is 2.64. The van der Waals surface area contributed by atoms with Gasteiger partial charge in [-0.2, -0.15) is 0 Å². The second kappa shape index (κ2) is 5.36. The maximum Gasteiger partial charge on any atom is -0.0257 e. The molecule has 0 unspecified atom stereocenters. The van der Waals surface area contributed by atoms with Crippen molar-refractivity contribution in [1.29, 1.82) is 0 Å². The van der Waals surface area contributed by atoms with Gasteiger partial charge in [0.2, 0.25) is 0 Å². The van der Waals surface area contributed by atoms with E-state index >= 15 is 0 Å². The highest BCUT2D eigenvalue weighted by molar-refractivity contribution is 5.52. The number of hydrogen-bond donors (Lipinski definition) is 0. The number of rotatable bonds is 3. The van der Waals surface area contributed by atoms with Crippen LogP contribution in [0.15, 0.2) is 48.1 Å². The fraction of sp³-hybridized carbons (Fsp3) is 0.231. The van der Waals surface area contributed by atoms with E-state index in [-0.39, 0.29) is 0 Å². The minimum absolute atomic E-state index is 1.10. The van der Waals surface area contributed by atoms with Gasteiger partial charge in [-0.25, -0.2) is 0 Å². The lowest BCUT2D eigenvalue weighted by molar-refractivity contribution is 1.20. The average Bonchev–Trinajstić information content (AvgIpc) is 2.17. The Morgan fingerprint density at radius 3 is 2.54 bits per heavy atom.